The topological polar surface area (TPSA) is 52.7 Å². The largest absolute Gasteiger partial charge is 0.355 e. The van der Waals surface area contributed by atoms with Crippen LogP contribution in [0.5, 0.6) is 0 Å². The molecule has 0 aromatic carbocycles. The fourth-order valence-electron chi connectivity index (χ4n) is 1.72. The number of rotatable bonds is 4. The van der Waals surface area contributed by atoms with Gasteiger partial charge in [0.05, 0.1) is 5.92 Å². The van der Waals surface area contributed by atoms with Gasteiger partial charge in [0.15, 0.2) is 0 Å². The fraction of sp³-hybridized carbons (Fsp3) is 0.818. The summed E-state index contributed by atoms with van der Waals surface area (Å²) < 4.78 is 0. The van der Waals surface area contributed by atoms with Crippen molar-refractivity contribution in [2.75, 3.05) is 40.8 Å². The molecule has 0 aromatic rings. The molecule has 1 rings (SSSR count). The maximum Gasteiger partial charge on any atom is 0.227 e. The van der Waals surface area contributed by atoms with E-state index in [0.29, 0.717) is 19.4 Å². The summed E-state index contributed by atoms with van der Waals surface area (Å²) in [7, 11) is 5.79. The van der Waals surface area contributed by atoms with E-state index in [0.717, 1.165) is 13.1 Å². The molecule has 0 aliphatic carbocycles. The van der Waals surface area contributed by atoms with Crippen molar-refractivity contribution in [3.63, 3.8) is 0 Å². The molecule has 5 nitrogen and oxygen atoms in total. The molecule has 92 valence electrons. The summed E-state index contributed by atoms with van der Waals surface area (Å²) in [6, 6.07) is 0. The number of nitrogens with one attached hydrogen (secondary N) is 1. The van der Waals surface area contributed by atoms with Crippen molar-refractivity contribution < 1.29 is 9.59 Å². The summed E-state index contributed by atoms with van der Waals surface area (Å²) in [5, 5.41) is 2.74. The number of nitrogens with zero attached hydrogens (tertiary/aromatic N) is 2. The maximum absolute atomic E-state index is 12.0. The highest BCUT2D eigenvalue weighted by Crippen LogP contribution is 2.13. The third kappa shape index (κ3) is 3.81. The molecule has 1 aliphatic rings. The van der Waals surface area contributed by atoms with Crippen molar-refractivity contribution in [3.05, 3.63) is 0 Å². The average molecular weight is 227 g/mol. The van der Waals surface area contributed by atoms with Crippen molar-refractivity contribution in [1.82, 2.24) is 15.1 Å². The first kappa shape index (κ1) is 13.0. The number of likely N-dealkylation sites (N-methyl/N-ethyl adjacent to an activating group) is 2. The van der Waals surface area contributed by atoms with Crippen LogP contribution in [0.1, 0.15) is 12.8 Å². The van der Waals surface area contributed by atoms with E-state index < -0.39 is 0 Å². The second-order valence-corrected chi connectivity index (χ2v) is 4.60. The van der Waals surface area contributed by atoms with Gasteiger partial charge in [0.2, 0.25) is 11.8 Å². The quantitative estimate of drug-likeness (QED) is 0.706. The summed E-state index contributed by atoms with van der Waals surface area (Å²) >= 11 is 0. The summed E-state index contributed by atoms with van der Waals surface area (Å²) in [6.45, 7) is 2.08. The Kier molecular flexibility index (Phi) is 4.73. The van der Waals surface area contributed by atoms with Crippen LogP contribution in [0.4, 0.5) is 0 Å². The normalized spacial score (nSPS) is 20.8. The number of carbonyl (C=O) groups excluding carboxylic acids is 2. The second-order valence-electron chi connectivity index (χ2n) is 4.60. The van der Waals surface area contributed by atoms with E-state index >= 15 is 0 Å². The molecule has 0 bridgehead atoms. The molecule has 1 heterocycles. The molecular formula is C11H21N3O2. The van der Waals surface area contributed by atoms with Crippen LogP contribution in [0, 0.1) is 5.92 Å². The van der Waals surface area contributed by atoms with Crippen LogP contribution in [-0.2, 0) is 9.59 Å². The zero-order chi connectivity index (χ0) is 12.1. The Labute approximate surface area is 96.8 Å². The zero-order valence-corrected chi connectivity index (χ0v) is 10.3. The number of carbonyl (C=O) groups is 2. The van der Waals surface area contributed by atoms with E-state index in [9.17, 15) is 9.59 Å². The number of amides is 2. The summed E-state index contributed by atoms with van der Waals surface area (Å²) in [5.74, 6) is 0.159. The molecule has 1 unspecified atom stereocenters. The molecule has 0 radical (unpaired) electrons. The average Bonchev–Trinajstić information content (AvgIpc) is 2.26. The lowest BCUT2D eigenvalue weighted by Gasteiger charge is -2.27. The van der Waals surface area contributed by atoms with E-state index in [1.165, 1.54) is 0 Å². The first-order valence-electron chi connectivity index (χ1n) is 5.67. The molecule has 0 aromatic heterocycles. The number of piperidine rings is 1. The van der Waals surface area contributed by atoms with Gasteiger partial charge in [0.1, 0.15) is 0 Å². The van der Waals surface area contributed by atoms with E-state index in [1.807, 2.05) is 26.0 Å². The van der Waals surface area contributed by atoms with Crippen molar-refractivity contribution in [2.45, 2.75) is 12.8 Å². The minimum absolute atomic E-state index is 0.0372. The fourth-order valence-corrected chi connectivity index (χ4v) is 1.72. The van der Waals surface area contributed by atoms with Gasteiger partial charge in [-0.15, -0.1) is 0 Å². The van der Waals surface area contributed by atoms with Crippen LogP contribution in [0.3, 0.4) is 0 Å². The lowest BCUT2D eigenvalue weighted by molar-refractivity contribution is -0.136. The Balaban J connectivity index is 2.35. The van der Waals surface area contributed by atoms with E-state index in [2.05, 4.69) is 5.32 Å². The minimum Gasteiger partial charge on any atom is -0.355 e. The van der Waals surface area contributed by atoms with Gasteiger partial charge in [-0.1, -0.05) is 0 Å². The lowest BCUT2D eigenvalue weighted by atomic mass is 9.98. The number of hydrogen-bond donors (Lipinski definition) is 1. The van der Waals surface area contributed by atoms with Crippen LogP contribution in [0.25, 0.3) is 0 Å². The SMILES string of the molecule is CN(C)CCN(C)C(=O)C1CCC(=O)NC1. The van der Waals surface area contributed by atoms with Gasteiger partial charge in [-0.05, 0) is 20.5 Å². The van der Waals surface area contributed by atoms with Crippen LogP contribution in [0.2, 0.25) is 0 Å². The Morgan fingerprint density at radius 1 is 1.38 bits per heavy atom. The van der Waals surface area contributed by atoms with Gasteiger partial charge in [0.25, 0.3) is 0 Å². The second kappa shape index (κ2) is 5.84. The third-order valence-corrected chi connectivity index (χ3v) is 2.87. The van der Waals surface area contributed by atoms with Crippen molar-refractivity contribution in [2.24, 2.45) is 5.92 Å². The smallest absolute Gasteiger partial charge is 0.227 e. The number of hydrogen-bond acceptors (Lipinski definition) is 3. The highest BCUT2D eigenvalue weighted by atomic mass is 16.2. The summed E-state index contributed by atoms with van der Waals surface area (Å²) in [6.07, 6.45) is 1.15. The van der Waals surface area contributed by atoms with Crippen LogP contribution < -0.4 is 5.32 Å². The molecule has 0 saturated carbocycles. The van der Waals surface area contributed by atoms with Crippen molar-refractivity contribution >= 4 is 11.8 Å². The zero-order valence-electron chi connectivity index (χ0n) is 10.3. The lowest BCUT2D eigenvalue weighted by Crippen LogP contribution is -2.44. The Bertz CT molecular complexity index is 256. The van der Waals surface area contributed by atoms with Gasteiger partial charge < -0.3 is 15.1 Å². The highest BCUT2D eigenvalue weighted by Gasteiger charge is 2.26. The predicted molar refractivity (Wildman–Crippen MR) is 61.9 cm³/mol. The molecule has 1 saturated heterocycles. The van der Waals surface area contributed by atoms with Gasteiger partial charge in [-0.3, -0.25) is 9.59 Å². The Morgan fingerprint density at radius 2 is 2.06 bits per heavy atom. The van der Waals surface area contributed by atoms with Crippen LogP contribution in [0.15, 0.2) is 0 Å². The molecule has 0 spiro atoms. The maximum atomic E-state index is 12.0. The predicted octanol–water partition coefficient (Wildman–Crippen LogP) is -0.467. The van der Waals surface area contributed by atoms with E-state index in [1.54, 1.807) is 4.90 Å². The Hall–Kier alpha value is -1.10. The first-order chi connectivity index (χ1) is 7.50. The van der Waals surface area contributed by atoms with E-state index in [-0.39, 0.29) is 17.7 Å². The van der Waals surface area contributed by atoms with Gasteiger partial charge in [-0.25, -0.2) is 0 Å². The molecule has 16 heavy (non-hydrogen) atoms. The van der Waals surface area contributed by atoms with Gasteiger partial charge in [-0.2, -0.15) is 0 Å². The molecule has 1 fully saturated rings. The molecule has 1 aliphatic heterocycles. The standard InChI is InChI=1S/C11H21N3O2/c1-13(2)6-7-14(3)11(16)9-4-5-10(15)12-8-9/h9H,4-8H2,1-3H3,(H,12,15). The summed E-state index contributed by atoms with van der Waals surface area (Å²) in [4.78, 5) is 26.7. The van der Waals surface area contributed by atoms with Crippen molar-refractivity contribution in [3.8, 4) is 0 Å². The highest BCUT2D eigenvalue weighted by molar-refractivity contribution is 5.83. The minimum atomic E-state index is -0.0372. The van der Waals surface area contributed by atoms with E-state index in [4.69, 9.17) is 0 Å². The molecule has 2 amide bonds. The first-order valence-corrected chi connectivity index (χ1v) is 5.67. The van der Waals surface area contributed by atoms with Gasteiger partial charge >= 0.3 is 0 Å². The molecule has 5 heteroatoms. The molecule has 1 atom stereocenters. The Morgan fingerprint density at radius 3 is 2.56 bits per heavy atom. The van der Waals surface area contributed by atoms with Crippen molar-refractivity contribution in [1.29, 1.82) is 0 Å². The summed E-state index contributed by atoms with van der Waals surface area (Å²) in [5.41, 5.74) is 0. The monoisotopic (exact) mass is 227 g/mol. The van der Waals surface area contributed by atoms with Crippen LogP contribution >= 0.6 is 0 Å². The molecule has 1 N–H and O–H groups in total. The van der Waals surface area contributed by atoms with Gasteiger partial charge in [0, 0.05) is 33.1 Å². The van der Waals surface area contributed by atoms with Crippen LogP contribution in [-0.4, -0.2) is 62.4 Å². The molecular weight excluding hydrogens is 206 g/mol. The third-order valence-electron chi connectivity index (χ3n) is 2.87.